The number of carbonyl (C=O) groups is 1. The zero-order chi connectivity index (χ0) is 9.84. The van der Waals surface area contributed by atoms with Gasteiger partial charge in [-0.15, -0.1) is 0 Å². The summed E-state index contributed by atoms with van der Waals surface area (Å²) in [5.74, 6) is -0.322. The lowest BCUT2D eigenvalue weighted by Gasteiger charge is -2.04. The highest BCUT2D eigenvalue weighted by atomic mass is 127. The number of carbonyl (C=O) groups excluding carboxylic acids is 1. The lowest BCUT2D eigenvalue weighted by atomic mass is 10.2. The lowest BCUT2D eigenvalue weighted by Crippen LogP contribution is -2.06. The summed E-state index contributed by atoms with van der Waals surface area (Å²) in [5.41, 5.74) is 1.33. The van der Waals surface area contributed by atoms with E-state index in [9.17, 15) is 4.79 Å². The van der Waals surface area contributed by atoms with Crippen molar-refractivity contribution in [2.75, 3.05) is 7.11 Å². The van der Waals surface area contributed by atoms with Crippen LogP contribution >= 0.6 is 45.2 Å². The summed E-state index contributed by atoms with van der Waals surface area (Å²) in [4.78, 5) is 15.4. The van der Waals surface area contributed by atoms with Crippen LogP contribution in [0.5, 0.6) is 0 Å². The smallest absolute Gasteiger partial charge is 0.339 e. The lowest BCUT2D eigenvalue weighted by molar-refractivity contribution is 0.0599. The van der Waals surface area contributed by atoms with Gasteiger partial charge in [0.05, 0.1) is 18.4 Å². The van der Waals surface area contributed by atoms with Crippen molar-refractivity contribution in [3.05, 3.63) is 27.1 Å². The molecule has 0 aliphatic rings. The molecule has 1 rings (SSSR count). The van der Waals surface area contributed by atoms with Crippen LogP contribution in [0.15, 0.2) is 12.3 Å². The van der Waals surface area contributed by atoms with Gasteiger partial charge in [-0.3, -0.25) is 4.98 Å². The summed E-state index contributed by atoms with van der Waals surface area (Å²) >= 11 is 4.28. The Morgan fingerprint density at radius 2 is 2.38 bits per heavy atom. The van der Waals surface area contributed by atoms with Crippen LogP contribution in [-0.2, 0) is 9.16 Å². The Balaban J connectivity index is 3.15. The second kappa shape index (κ2) is 5.08. The molecule has 0 aliphatic heterocycles. The Hall–Kier alpha value is 0.0800. The van der Waals surface area contributed by atoms with Crippen LogP contribution < -0.4 is 0 Å². The molecule has 1 aromatic heterocycles. The molecule has 0 saturated carbocycles. The number of pyridine rings is 1. The molecule has 0 saturated heterocycles. The molecule has 0 spiro atoms. The van der Waals surface area contributed by atoms with Gasteiger partial charge in [0.15, 0.2) is 0 Å². The largest absolute Gasteiger partial charge is 0.465 e. The minimum atomic E-state index is -0.322. The number of aromatic nitrogens is 1. The van der Waals surface area contributed by atoms with E-state index in [2.05, 4.69) is 54.9 Å². The first-order chi connectivity index (χ1) is 6.19. The van der Waals surface area contributed by atoms with E-state index in [1.54, 1.807) is 12.3 Å². The van der Waals surface area contributed by atoms with E-state index in [1.165, 1.54) is 7.11 Å². The van der Waals surface area contributed by atoms with Gasteiger partial charge in [-0.1, -0.05) is 22.6 Å². The SMILES string of the molecule is COC(=O)c1cc(I)cnc1CI. The van der Waals surface area contributed by atoms with Gasteiger partial charge in [0.1, 0.15) is 0 Å². The van der Waals surface area contributed by atoms with E-state index in [0.717, 1.165) is 9.26 Å². The summed E-state index contributed by atoms with van der Waals surface area (Å²) in [6.07, 6.45) is 1.74. The fraction of sp³-hybridized carbons (Fsp3) is 0.250. The summed E-state index contributed by atoms with van der Waals surface area (Å²) < 4.78 is 6.29. The second-order valence-electron chi connectivity index (χ2n) is 2.27. The fourth-order valence-electron chi connectivity index (χ4n) is 0.861. The molecule has 3 nitrogen and oxygen atoms in total. The molecular formula is C8H7I2NO2. The highest BCUT2D eigenvalue weighted by Crippen LogP contribution is 2.14. The quantitative estimate of drug-likeness (QED) is 0.433. The number of nitrogens with zero attached hydrogens (tertiary/aromatic N) is 1. The third kappa shape index (κ3) is 2.76. The molecule has 1 heterocycles. The Bertz CT molecular complexity index is 328. The highest BCUT2D eigenvalue weighted by Gasteiger charge is 2.12. The predicted octanol–water partition coefficient (Wildman–Crippen LogP) is 2.41. The first kappa shape index (κ1) is 11.2. The van der Waals surface area contributed by atoms with E-state index >= 15 is 0 Å². The van der Waals surface area contributed by atoms with Crippen LogP contribution in [0.4, 0.5) is 0 Å². The van der Waals surface area contributed by atoms with Crippen LogP contribution in [0.3, 0.4) is 0 Å². The van der Waals surface area contributed by atoms with Crippen LogP contribution in [0.25, 0.3) is 0 Å². The number of ether oxygens (including phenoxy) is 1. The normalized spacial score (nSPS) is 9.77. The zero-order valence-corrected chi connectivity index (χ0v) is 11.2. The van der Waals surface area contributed by atoms with Gasteiger partial charge >= 0.3 is 5.97 Å². The van der Waals surface area contributed by atoms with Crippen molar-refractivity contribution in [2.45, 2.75) is 4.43 Å². The Morgan fingerprint density at radius 3 is 2.92 bits per heavy atom. The van der Waals surface area contributed by atoms with E-state index in [0.29, 0.717) is 9.99 Å². The molecule has 0 bridgehead atoms. The van der Waals surface area contributed by atoms with Crippen molar-refractivity contribution in [3.8, 4) is 0 Å². The third-order valence-corrected chi connectivity index (χ3v) is 2.78. The minimum absolute atomic E-state index is 0.322. The Kier molecular flexibility index (Phi) is 4.36. The maximum Gasteiger partial charge on any atom is 0.339 e. The monoisotopic (exact) mass is 403 g/mol. The molecule has 5 heteroatoms. The molecule has 70 valence electrons. The molecule has 0 aliphatic carbocycles. The summed E-state index contributed by atoms with van der Waals surface area (Å²) in [6, 6.07) is 1.79. The van der Waals surface area contributed by atoms with Crippen molar-refractivity contribution in [2.24, 2.45) is 0 Å². The molecule has 0 N–H and O–H groups in total. The highest BCUT2D eigenvalue weighted by molar-refractivity contribution is 14.1. The maximum absolute atomic E-state index is 11.3. The summed E-state index contributed by atoms with van der Waals surface area (Å²) in [7, 11) is 1.37. The number of methoxy groups -OCH3 is 1. The molecule has 0 radical (unpaired) electrons. The molecule has 0 aromatic carbocycles. The zero-order valence-electron chi connectivity index (χ0n) is 6.88. The fourth-order valence-corrected chi connectivity index (χ4v) is 1.92. The number of esters is 1. The van der Waals surface area contributed by atoms with E-state index in [-0.39, 0.29) is 5.97 Å². The van der Waals surface area contributed by atoms with Crippen molar-refractivity contribution in [3.63, 3.8) is 0 Å². The van der Waals surface area contributed by atoms with Crippen molar-refractivity contribution in [1.82, 2.24) is 4.98 Å². The Morgan fingerprint density at radius 1 is 1.69 bits per heavy atom. The third-order valence-electron chi connectivity index (χ3n) is 1.47. The van der Waals surface area contributed by atoms with Gasteiger partial charge in [0, 0.05) is 14.2 Å². The molecule has 0 amide bonds. The van der Waals surface area contributed by atoms with E-state index in [1.807, 2.05) is 0 Å². The van der Waals surface area contributed by atoms with E-state index < -0.39 is 0 Å². The second-order valence-corrected chi connectivity index (χ2v) is 4.28. The summed E-state index contributed by atoms with van der Waals surface area (Å²) in [6.45, 7) is 0. The first-order valence-electron chi connectivity index (χ1n) is 3.47. The number of alkyl halides is 1. The summed E-state index contributed by atoms with van der Waals surface area (Å²) in [5, 5.41) is 0. The van der Waals surface area contributed by atoms with Gasteiger partial charge < -0.3 is 4.74 Å². The number of hydrogen-bond donors (Lipinski definition) is 0. The topological polar surface area (TPSA) is 39.2 Å². The minimum Gasteiger partial charge on any atom is -0.465 e. The van der Waals surface area contributed by atoms with Crippen LogP contribution in [0.2, 0.25) is 0 Å². The molecule has 1 aromatic rings. The molecule has 0 unspecified atom stereocenters. The van der Waals surface area contributed by atoms with E-state index in [4.69, 9.17) is 0 Å². The van der Waals surface area contributed by atoms with Gasteiger partial charge in [-0.05, 0) is 28.7 Å². The standard InChI is InChI=1S/C8H7I2NO2/c1-13-8(12)6-2-5(10)4-11-7(6)3-9/h2,4H,3H2,1H3. The predicted molar refractivity (Wildman–Crippen MR) is 66.0 cm³/mol. The van der Waals surface area contributed by atoms with Gasteiger partial charge in [-0.2, -0.15) is 0 Å². The number of hydrogen-bond acceptors (Lipinski definition) is 3. The number of rotatable bonds is 2. The molecular weight excluding hydrogens is 396 g/mol. The number of halogens is 2. The first-order valence-corrected chi connectivity index (χ1v) is 6.08. The van der Waals surface area contributed by atoms with Crippen LogP contribution in [0.1, 0.15) is 16.1 Å². The average Bonchev–Trinajstić information content (AvgIpc) is 2.16. The Labute approximate surface area is 104 Å². The van der Waals surface area contributed by atoms with Crippen molar-refractivity contribution < 1.29 is 9.53 Å². The molecule has 0 atom stereocenters. The van der Waals surface area contributed by atoms with Crippen molar-refractivity contribution >= 4 is 51.2 Å². The molecule has 0 fully saturated rings. The van der Waals surface area contributed by atoms with Crippen LogP contribution in [-0.4, -0.2) is 18.1 Å². The maximum atomic E-state index is 11.3. The molecule has 13 heavy (non-hydrogen) atoms. The van der Waals surface area contributed by atoms with Gasteiger partial charge in [-0.25, -0.2) is 4.79 Å². The van der Waals surface area contributed by atoms with Gasteiger partial charge in [0.2, 0.25) is 0 Å². The van der Waals surface area contributed by atoms with Crippen LogP contribution in [0, 0.1) is 3.57 Å². The van der Waals surface area contributed by atoms with Crippen molar-refractivity contribution in [1.29, 1.82) is 0 Å². The van der Waals surface area contributed by atoms with Gasteiger partial charge in [0.25, 0.3) is 0 Å². The average molecular weight is 403 g/mol.